The summed E-state index contributed by atoms with van der Waals surface area (Å²) in [5.74, 6) is 3.92. The van der Waals surface area contributed by atoms with Gasteiger partial charge in [-0.25, -0.2) is 0 Å². The van der Waals surface area contributed by atoms with Crippen LogP contribution in [-0.4, -0.2) is 11.6 Å². The van der Waals surface area contributed by atoms with Gasteiger partial charge in [0.15, 0.2) is 5.78 Å². The largest absolute Gasteiger partial charge is 0.299 e. The molecule has 9 unspecified atom stereocenters. The van der Waals surface area contributed by atoms with E-state index in [9.17, 15) is 14.9 Å². The molecule has 4 fully saturated rings. The molecule has 5 aliphatic carbocycles. The van der Waals surface area contributed by atoms with E-state index in [-0.39, 0.29) is 34.4 Å². The topological polar surface area (TPSA) is 57.9 Å². The fraction of sp³-hybridized carbons (Fsp3) is 0.833. The molecule has 9 atom stereocenters. The maximum absolute atomic E-state index is 13.9. The van der Waals surface area contributed by atoms with Gasteiger partial charge in [-0.15, -0.1) is 0 Å². The Morgan fingerprint density at radius 1 is 0.909 bits per heavy atom. The number of allylic oxidation sites excluding steroid dienone is 2. The summed E-state index contributed by atoms with van der Waals surface area (Å²) < 4.78 is 0. The molecule has 0 amide bonds. The van der Waals surface area contributed by atoms with E-state index in [1.54, 1.807) is 0 Å². The Labute approximate surface area is 200 Å². The molecule has 0 aromatic carbocycles. The number of hydrogen-bond donors (Lipinski definition) is 0. The van der Waals surface area contributed by atoms with Crippen LogP contribution in [0.5, 0.6) is 0 Å². The molecule has 0 aromatic heterocycles. The van der Waals surface area contributed by atoms with E-state index in [1.807, 2.05) is 6.92 Å². The van der Waals surface area contributed by atoms with Crippen LogP contribution in [0.4, 0.5) is 0 Å². The van der Waals surface area contributed by atoms with Gasteiger partial charge in [0.05, 0.1) is 5.57 Å². The number of carbonyl (C=O) groups excluding carboxylic acids is 2. The molecular weight excluding hydrogens is 406 g/mol. The maximum Gasteiger partial charge on any atom is 0.179 e. The van der Waals surface area contributed by atoms with Gasteiger partial charge >= 0.3 is 0 Å². The molecule has 33 heavy (non-hydrogen) atoms. The van der Waals surface area contributed by atoms with Crippen molar-refractivity contribution in [2.45, 2.75) is 93.4 Å². The molecule has 0 bridgehead atoms. The number of rotatable bonds is 0. The van der Waals surface area contributed by atoms with E-state index in [4.69, 9.17) is 0 Å². The SMILES string of the molecule is CC1=C(C#N)C(=O)C(C)(C)C2(C)C1C1CC(=O)C3C4CCCCC4CCC3C1C(C)C2(C)C. The lowest BCUT2D eigenvalue weighted by Gasteiger charge is -2.71. The van der Waals surface area contributed by atoms with Gasteiger partial charge < -0.3 is 0 Å². The first-order valence-electron chi connectivity index (χ1n) is 13.6. The van der Waals surface area contributed by atoms with E-state index in [1.165, 1.54) is 38.5 Å². The van der Waals surface area contributed by atoms with Crippen molar-refractivity contribution in [2.75, 3.05) is 0 Å². The quantitative estimate of drug-likeness (QED) is 0.410. The fourth-order valence-corrected chi connectivity index (χ4v) is 10.5. The summed E-state index contributed by atoms with van der Waals surface area (Å²) in [4.78, 5) is 27.5. The average molecular weight is 450 g/mol. The minimum Gasteiger partial charge on any atom is -0.299 e. The summed E-state index contributed by atoms with van der Waals surface area (Å²) in [6.07, 6.45) is 8.33. The van der Waals surface area contributed by atoms with Gasteiger partial charge in [-0.3, -0.25) is 9.59 Å². The molecule has 0 radical (unpaired) electrons. The average Bonchev–Trinajstić information content (AvgIpc) is 2.77. The number of Topliss-reactive ketones (excluding diaryl/α,β-unsaturated/α-hetero) is 2. The Morgan fingerprint density at radius 3 is 2.24 bits per heavy atom. The highest BCUT2D eigenvalue weighted by Crippen LogP contribution is 2.73. The van der Waals surface area contributed by atoms with Gasteiger partial charge in [0, 0.05) is 17.8 Å². The molecule has 0 heterocycles. The molecule has 0 aliphatic heterocycles. The van der Waals surface area contributed by atoms with Crippen molar-refractivity contribution in [1.29, 1.82) is 5.26 Å². The first-order chi connectivity index (χ1) is 15.4. The smallest absolute Gasteiger partial charge is 0.179 e. The Bertz CT molecular complexity index is 964. The Hall–Kier alpha value is -1.43. The van der Waals surface area contributed by atoms with Crippen LogP contribution >= 0.6 is 0 Å². The summed E-state index contributed by atoms with van der Waals surface area (Å²) in [6, 6.07) is 2.29. The van der Waals surface area contributed by atoms with Crippen LogP contribution in [-0.2, 0) is 9.59 Å². The van der Waals surface area contributed by atoms with Crippen molar-refractivity contribution in [2.24, 2.45) is 63.6 Å². The van der Waals surface area contributed by atoms with Crippen molar-refractivity contribution in [1.82, 2.24) is 0 Å². The van der Waals surface area contributed by atoms with Gasteiger partial charge in [-0.2, -0.15) is 5.26 Å². The van der Waals surface area contributed by atoms with Crippen LogP contribution < -0.4 is 0 Å². The molecule has 4 saturated carbocycles. The van der Waals surface area contributed by atoms with Crippen molar-refractivity contribution in [3.05, 3.63) is 11.1 Å². The molecule has 5 rings (SSSR count). The summed E-state index contributed by atoms with van der Waals surface area (Å²) in [5.41, 5.74) is 0.339. The first kappa shape index (κ1) is 23.3. The third-order valence-corrected chi connectivity index (χ3v) is 12.7. The highest BCUT2D eigenvalue weighted by Gasteiger charge is 2.71. The van der Waals surface area contributed by atoms with E-state index in [0.29, 0.717) is 41.4 Å². The second-order valence-electron chi connectivity index (χ2n) is 13.7. The van der Waals surface area contributed by atoms with Crippen LogP contribution in [0.3, 0.4) is 0 Å². The standard InChI is InChI=1S/C30H43NO2/c1-16-22(15-31)27(33)29(5,6)30(7)26(16)21-14-23(32)25-19-11-9-8-10-18(19)12-13-20(25)24(21)17(2)28(30,3)4/h17-21,24-26H,8-14H2,1-7H3. The number of carbonyl (C=O) groups is 2. The van der Waals surface area contributed by atoms with Gasteiger partial charge in [0.1, 0.15) is 11.9 Å². The van der Waals surface area contributed by atoms with E-state index < -0.39 is 5.41 Å². The zero-order valence-electron chi connectivity index (χ0n) is 21.8. The molecule has 0 saturated heterocycles. The third-order valence-electron chi connectivity index (χ3n) is 12.7. The van der Waals surface area contributed by atoms with Crippen LogP contribution in [0.15, 0.2) is 11.1 Å². The number of ketones is 2. The Morgan fingerprint density at radius 2 is 1.58 bits per heavy atom. The highest BCUT2D eigenvalue weighted by atomic mass is 16.1. The van der Waals surface area contributed by atoms with Crippen molar-refractivity contribution in [3.8, 4) is 6.07 Å². The van der Waals surface area contributed by atoms with E-state index in [0.717, 1.165) is 11.5 Å². The zero-order valence-corrected chi connectivity index (χ0v) is 21.8. The lowest BCUT2D eigenvalue weighted by molar-refractivity contribution is -0.213. The molecule has 0 aromatic rings. The minimum atomic E-state index is -0.633. The van der Waals surface area contributed by atoms with Gasteiger partial charge in [-0.1, -0.05) is 60.8 Å². The van der Waals surface area contributed by atoms with Crippen molar-refractivity contribution < 1.29 is 9.59 Å². The van der Waals surface area contributed by atoms with Gasteiger partial charge in [-0.05, 0) is 84.0 Å². The fourth-order valence-electron chi connectivity index (χ4n) is 10.5. The van der Waals surface area contributed by atoms with E-state index in [2.05, 4.69) is 47.6 Å². The summed E-state index contributed by atoms with van der Waals surface area (Å²) in [6.45, 7) is 15.7. The molecule has 5 aliphatic rings. The number of nitriles is 1. The normalized spacial score (nSPS) is 48.2. The summed E-state index contributed by atoms with van der Waals surface area (Å²) >= 11 is 0. The summed E-state index contributed by atoms with van der Waals surface area (Å²) in [7, 11) is 0. The molecular formula is C30H43NO2. The molecule has 3 heteroatoms. The second kappa shape index (κ2) is 7.29. The van der Waals surface area contributed by atoms with Crippen LogP contribution in [0.25, 0.3) is 0 Å². The molecule has 3 nitrogen and oxygen atoms in total. The predicted octanol–water partition coefficient (Wildman–Crippen LogP) is 6.77. The number of nitrogens with zero attached hydrogens (tertiary/aromatic N) is 1. The lowest BCUT2D eigenvalue weighted by Crippen LogP contribution is -2.69. The molecule has 0 spiro atoms. The number of hydrogen-bond acceptors (Lipinski definition) is 3. The van der Waals surface area contributed by atoms with Crippen molar-refractivity contribution in [3.63, 3.8) is 0 Å². The van der Waals surface area contributed by atoms with Crippen LogP contribution in [0.1, 0.15) is 93.4 Å². The van der Waals surface area contributed by atoms with Gasteiger partial charge in [0.2, 0.25) is 0 Å². The van der Waals surface area contributed by atoms with Crippen molar-refractivity contribution >= 4 is 11.6 Å². The van der Waals surface area contributed by atoms with Crippen LogP contribution in [0.2, 0.25) is 0 Å². The third kappa shape index (κ3) is 2.68. The second-order valence-corrected chi connectivity index (χ2v) is 13.7. The lowest BCUT2D eigenvalue weighted by atomic mass is 9.32. The van der Waals surface area contributed by atoms with Gasteiger partial charge in [0.25, 0.3) is 0 Å². The Balaban J connectivity index is 1.67. The number of fused-ring (bicyclic) bond motifs is 7. The van der Waals surface area contributed by atoms with E-state index >= 15 is 0 Å². The Kier molecular flexibility index (Phi) is 5.15. The predicted molar refractivity (Wildman–Crippen MR) is 130 cm³/mol. The minimum absolute atomic E-state index is 0.00250. The molecule has 180 valence electrons. The molecule has 0 N–H and O–H groups in total. The monoisotopic (exact) mass is 449 g/mol. The maximum atomic E-state index is 13.9. The zero-order chi connectivity index (χ0) is 24.1. The first-order valence-corrected chi connectivity index (χ1v) is 13.6. The van der Waals surface area contributed by atoms with Crippen LogP contribution in [0, 0.1) is 74.9 Å². The highest BCUT2D eigenvalue weighted by molar-refractivity contribution is 6.05. The summed E-state index contributed by atoms with van der Waals surface area (Å²) in [5, 5.41) is 9.99.